The molecule has 0 radical (unpaired) electrons. The van der Waals surface area contributed by atoms with Crippen LogP contribution in [0.2, 0.25) is 0 Å². The van der Waals surface area contributed by atoms with E-state index in [1.54, 1.807) is 24.5 Å². The Morgan fingerprint density at radius 2 is 2.03 bits per heavy atom. The number of benzene rings is 1. The molecule has 4 aromatic rings. The Morgan fingerprint density at radius 1 is 1.15 bits per heavy atom. The van der Waals surface area contributed by atoms with Crippen LogP contribution in [0.5, 0.6) is 0 Å². The number of nitrogens with zero attached hydrogens (tertiary/aromatic N) is 4. The molecule has 34 heavy (non-hydrogen) atoms. The van der Waals surface area contributed by atoms with Gasteiger partial charge in [0.15, 0.2) is 5.65 Å². The zero-order valence-electron chi connectivity index (χ0n) is 18.5. The molecule has 2 aliphatic rings. The molecule has 172 valence electrons. The van der Waals surface area contributed by atoms with E-state index >= 15 is 0 Å². The summed E-state index contributed by atoms with van der Waals surface area (Å²) in [4.78, 5) is 44.2. The Kier molecular flexibility index (Phi) is 4.90. The van der Waals surface area contributed by atoms with Crippen LogP contribution < -0.4 is 11.0 Å². The second kappa shape index (κ2) is 8.09. The quantitative estimate of drug-likeness (QED) is 0.487. The number of H-pyrrole nitrogens is 1. The standard InChI is InChI=1S/C25H24N6O3/c32-23(10-15-9-16-3-1-2-4-20(16)26-12-15)27-21-7-6-19-11-18(21)14-30(19)24(33)17-5-8-22-28-29-25(34)31(22)13-17/h1-5,8-9,12-13,18-19,21H,6-7,10-11,14H2,(H,27,32)(H,29,34). The highest BCUT2D eigenvalue weighted by Crippen LogP contribution is 2.36. The third kappa shape index (κ3) is 3.63. The molecule has 6 rings (SSSR count). The predicted molar refractivity (Wildman–Crippen MR) is 125 cm³/mol. The number of aromatic nitrogens is 4. The van der Waals surface area contributed by atoms with Crippen LogP contribution in [0.25, 0.3) is 16.6 Å². The molecule has 9 nitrogen and oxygen atoms in total. The number of likely N-dealkylation sites (tertiary alicyclic amines) is 1. The van der Waals surface area contributed by atoms with Crippen LogP contribution in [0, 0.1) is 5.92 Å². The number of carbonyl (C=O) groups excluding carboxylic acids is 2. The van der Waals surface area contributed by atoms with Crippen molar-refractivity contribution in [2.45, 2.75) is 37.8 Å². The first kappa shape index (κ1) is 20.6. The van der Waals surface area contributed by atoms with Crippen LogP contribution >= 0.6 is 0 Å². The Bertz CT molecular complexity index is 1470. The van der Waals surface area contributed by atoms with Crippen LogP contribution in [0.4, 0.5) is 0 Å². The van der Waals surface area contributed by atoms with Crippen molar-refractivity contribution in [3.63, 3.8) is 0 Å². The zero-order valence-corrected chi connectivity index (χ0v) is 18.5. The van der Waals surface area contributed by atoms with Crippen molar-refractivity contribution in [1.29, 1.82) is 0 Å². The maximum Gasteiger partial charge on any atom is 0.347 e. The molecule has 0 spiro atoms. The van der Waals surface area contributed by atoms with E-state index in [0.717, 1.165) is 35.7 Å². The minimum absolute atomic E-state index is 0.0184. The lowest BCUT2D eigenvalue weighted by atomic mass is 9.85. The van der Waals surface area contributed by atoms with Gasteiger partial charge >= 0.3 is 5.69 Å². The van der Waals surface area contributed by atoms with Gasteiger partial charge in [-0.3, -0.25) is 14.6 Å². The number of fused-ring (bicyclic) bond motifs is 4. The first-order valence-electron chi connectivity index (χ1n) is 11.6. The smallest absolute Gasteiger partial charge is 0.347 e. The van der Waals surface area contributed by atoms with Crippen LogP contribution in [0.3, 0.4) is 0 Å². The van der Waals surface area contributed by atoms with Crippen molar-refractivity contribution in [2.24, 2.45) is 5.92 Å². The van der Waals surface area contributed by atoms with Gasteiger partial charge in [0.25, 0.3) is 5.91 Å². The Labute approximate surface area is 194 Å². The van der Waals surface area contributed by atoms with Gasteiger partial charge in [-0.2, -0.15) is 5.10 Å². The minimum atomic E-state index is -0.366. The molecule has 3 atom stereocenters. The van der Waals surface area contributed by atoms with E-state index in [0.29, 0.717) is 17.8 Å². The minimum Gasteiger partial charge on any atom is -0.353 e. The summed E-state index contributed by atoms with van der Waals surface area (Å²) in [6.07, 6.45) is 6.16. The first-order valence-corrected chi connectivity index (χ1v) is 11.6. The third-order valence-electron chi connectivity index (χ3n) is 7.10. The van der Waals surface area contributed by atoms with Gasteiger partial charge < -0.3 is 10.2 Å². The Balaban J connectivity index is 1.12. The van der Waals surface area contributed by atoms with E-state index in [-0.39, 0.29) is 41.9 Å². The summed E-state index contributed by atoms with van der Waals surface area (Å²) >= 11 is 0. The molecular formula is C25H24N6O3. The van der Waals surface area contributed by atoms with Crippen LogP contribution in [-0.4, -0.2) is 54.9 Å². The summed E-state index contributed by atoms with van der Waals surface area (Å²) in [7, 11) is 0. The molecule has 1 saturated heterocycles. The molecule has 4 heterocycles. The number of hydrogen-bond donors (Lipinski definition) is 2. The summed E-state index contributed by atoms with van der Waals surface area (Å²) in [6, 6.07) is 13.5. The Hall–Kier alpha value is -4.01. The lowest BCUT2D eigenvalue weighted by Crippen LogP contribution is -2.43. The average molecular weight is 457 g/mol. The number of aromatic amines is 1. The van der Waals surface area contributed by atoms with E-state index in [2.05, 4.69) is 20.5 Å². The summed E-state index contributed by atoms with van der Waals surface area (Å²) in [5, 5.41) is 10.5. The lowest BCUT2D eigenvalue weighted by molar-refractivity contribution is -0.121. The molecule has 1 aliphatic carbocycles. The largest absolute Gasteiger partial charge is 0.353 e. The third-order valence-corrected chi connectivity index (χ3v) is 7.10. The molecule has 2 N–H and O–H groups in total. The molecule has 3 unspecified atom stereocenters. The molecule has 2 fully saturated rings. The van der Waals surface area contributed by atoms with E-state index < -0.39 is 0 Å². The van der Waals surface area contributed by atoms with E-state index in [1.165, 1.54) is 4.40 Å². The average Bonchev–Trinajstić information content (AvgIpc) is 3.40. The van der Waals surface area contributed by atoms with E-state index in [1.807, 2.05) is 35.2 Å². The number of rotatable bonds is 4. The van der Waals surface area contributed by atoms with Crippen molar-refractivity contribution in [3.8, 4) is 0 Å². The number of amides is 2. The van der Waals surface area contributed by atoms with Crippen LogP contribution in [0.1, 0.15) is 35.2 Å². The predicted octanol–water partition coefficient (Wildman–Crippen LogP) is 1.92. The fourth-order valence-electron chi connectivity index (χ4n) is 5.42. The Morgan fingerprint density at radius 3 is 2.94 bits per heavy atom. The van der Waals surface area contributed by atoms with Crippen molar-refractivity contribution in [3.05, 3.63) is 76.5 Å². The fourth-order valence-corrected chi connectivity index (χ4v) is 5.42. The van der Waals surface area contributed by atoms with Gasteiger partial charge in [-0.15, -0.1) is 0 Å². The second-order valence-electron chi connectivity index (χ2n) is 9.25. The van der Waals surface area contributed by atoms with Crippen molar-refractivity contribution in [1.82, 2.24) is 29.8 Å². The molecule has 1 saturated carbocycles. The van der Waals surface area contributed by atoms with Gasteiger partial charge in [-0.05, 0) is 55.0 Å². The number of nitrogens with one attached hydrogen (secondary N) is 2. The highest BCUT2D eigenvalue weighted by molar-refractivity contribution is 5.94. The second-order valence-corrected chi connectivity index (χ2v) is 9.25. The molecule has 1 aromatic carbocycles. The monoisotopic (exact) mass is 456 g/mol. The van der Waals surface area contributed by atoms with E-state index in [4.69, 9.17) is 0 Å². The zero-order chi connectivity index (χ0) is 23.2. The number of para-hydroxylation sites is 1. The molecule has 2 amide bonds. The van der Waals surface area contributed by atoms with Crippen LogP contribution in [-0.2, 0) is 11.2 Å². The van der Waals surface area contributed by atoms with Crippen LogP contribution in [0.15, 0.2) is 59.7 Å². The normalized spacial score (nSPS) is 21.8. The summed E-state index contributed by atoms with van der Waals surface area (Å²) < 4.78 is 1.35. The molecule has 1 aliphatic heterocycles. The van der Waals surface area contributed by atoms with Crippen molar-refractivity contribution < 1.29 is 9.59 Å². The summed E-state index contributed by atoms with van der Waals surface area (Å²) in [5.41, 5.74) is 2.38. The number of carbonyl (C=O) groups is 2. The topological polar surface area (TPSA) is 112 Å². The van der Waals surface area contributed by atoms with Gasteiger partial charge in [0.05, 0.1) is 17.5 Å². The molecular weight excluding hydrogens is 432 g/mol. The number of pyridine rings is 2. The molecule has 3 aromatic heterocycles. The van der Waals surface area contributed by atoms with Gasteiger partial charge in [-0.1, -0.05) is 18.2 Å². The maximum absolute atomic E-state index is 13.2. The van der Waals surface area contributed by atoms with Gasteiger partial charge in [-0.25, -0.2) is 14.3 Å². The molecule has 2 bridgehead atoms. The highest BCUT2D eigenvalue weighted by atomic mass is 16.2. The first-order chi connectivity index (χ1) is 16.5. The fraction of sp³-hybridized carbons (Fsp3) is 0.320. The van der Waals surface area contributed by atoms with Crippen molar-refractivity contribution in [2.75, 3.05) is 6.54 Å². The number of hydrogen-bond acceptors (Lipinski definition) is 5. The van der Waals surface area contributed by atoms with E-state index in [9.17, 15) is 14.4 Å². The maximum atomic E-state index is 13.2. The highest BCUT2D eigenvalue weighted by Gasteiger charge is 2.43. The summed E-state index contributed by atoms with van der Waals surface area (Å²) in [5.74, 6) is 0.119. The van der Waals surface area contributed by atoms with Gasteiger partial charge in [0.2, 0.25) is 5.91 Å². The molecule has 9 heteroatoms. The van der Waals surface area contributed by atoms with Gasteiger partial charge in [0, 0.05) is 36.4 Å². The SMILES string of the molecule is O=C(Cc1cnc2ccccc2c1)NC1CCC2CC1CN2C(=O)c1ccc2n[nH]c(=O)n2c1. The van der Waals surface area contributed by atoms with Crippen molar-refractivity contribution >= 4 is 28.4 Å². The van der Waals surface area contributed by atoms with Gasteiger partial charge in [0.1, 0.15) is 0 Å². The summed E-state index contributed by atoms with van der Waals surface area (Å²) in [6.45, 7) is 0.601. The lowest BCUT2D eigenvalue weighted by Gasteiger charge is -2.29.